The van der Waals surface area contributed by atoms with E-state index in [0.717, 1.165) is 20.1 Å². The predicted molar refractivity (Wildman–Crippen MR) is 113 cm³/mol. The van der Waals surface area contributed by atoms with E-state index in [1.807, 2.05) is 72.8 Å². The summed E-state index contributed by atoms with van der Waals surface area (Å²) < 4.78 is 27.8. The molecule has 2 nitrogen and oxygen atoms in total. The number of alkyl halides is 1. The first-order valence-electron chi connectivity index (χ1n) is 7.98. The summed E-state index contributed by atoms with van der Waals surface area (Å²) in [5.41, 5.74) is 1.99. The molecule has 132 valence electrons. The maximum atomic E-state index is 12.9. The standard InChI is InChI=1S/C21H17BrO2SSe/c22-15-17-11-13-19(14-12-17)25(23,24)16-21(18-7-3-1-4-8-18)26-20-9-5-2-6-10-20/h1-14,16H,15H2/b21-16+. The molecule has 0 amide bonds. The summed E-state index contributed by atoms with van der Waals surface area (Å²) >= 11 is 3.28. The molecule has 0 radical (unpaired) electrons. The van der Waals surface area contributed by atoms with Crippen molar-refractivity contribution in [1.29, 1.82) is 0 Å². The zero-order valence-electron chi connectivity index (χ0n) is 13.9. The summed E-state index contributed by atoms with van der Waals surface area (Å²) in [5.74, 6) is 0. The molecular formula is C21H17BrO2SSe. The molecule has 0 aliphatic heterocycles. The third-order valence-electron chi connectivity index (χ3n) is 3.70. The average Bonchev–Trinajstić information content (AvgIpc) is 2.69. The second-order valence-corrected chi connectivity index (χ2v) is 10.3. The molecule has 0 saturated heterocycles. The van der Waals surface area contributed by atoms with Crippen LogP contribution in [-0.4, -0.2) is 23.4 Å². The first-order chi connectivity index (χ1) is 12.6. The number of sulfone groups is 1. The van der Waals surface area contributed by atoms with Crippen LogP contribution < -0.4 is 4.46 Å². The molecule has 0 atom stereocenters. The summed E-state index contributed by atoms with van der Waals surface area (Å²) in [5, 5.41) is 2.13. The topological polar surface area (TPSA) is 34.1 Å². The van der Waals surface area contributed by atoms with E-state index in [1.165, 1.54) is 5.41 Å². The molecule has 0 spiro atoms. The molecule has 3 aromatic rings. The van der Waals surface area contributed by atoms with E-state index in [0.29, 0.717) is 10.2 Å². The van der Waals surface area contributed by atoms with Gasteiger partial charge >= 0.3 is 170 Å². The van der Waals surface area contributed by atoms with Crippen LogP contribution >= 0.6 is 15.9 Å². The first kappa shape index (κ1) is 19.1. The minimum absolute atomic E-state index is 0.106. The van der Waals surface area contributed by atoms with Crippen molar-refractivity contribution in [2.45, 2.75) is 10.2 Å². The van der Waals surface area contributed by atoms with Gasteiger partial charge in [-0.15, -0.1) is 0 Å². The Labute approximate surface area is 169 Å². The quantitative estimate of drug-likeness (QED) is 0.378. The van der Waals surface area contributed by atoms with E-state index < -0.39 is 9.84 Å². The van der Waals surface area contributed by atoms with E-state index >= 15 is 0 Å². The molecular weight excluding hydrogens is 475 g/mol. The van der Waals surface area contributed by atoms with Crippen LogP contribution in [0.1, 0.15) is 11.1 Å². The summed E-state index contributed by atoms with van der Waals surface area (Å²) in [6.45, 7) is 0. The maximum absolute atomic E-state index is 12.9. The van der Waals surface area contributed by atoms with Gasteiger partial charge in [-0.05, 0) is 0 Å². The van der Waals surface area contributed by atoms with Gasteiger partial charge in [0, 0.05) is 0 Å². The zero-order valence-corrected chi connectivity index (χ0v) is 18.0. The number of halogens is 1. The molecule has 0 aliphatic carbocycles. The molecule has 0 saturated carbocycles. The molecule has 0 N–H and O–H groups in total. The monoisotopic (exact) mass is 492 g/mol. The predicted octanol–water partition coefficient (Wildman–Crippen LogP) is 4.38. The van der Waals surface area contributed by atoms with Gasteiger partial charge in [0.05, 0.1) is 0 Å². The second-order valence-electron chi connectivity index (χ2n) is 5.59. The van der Waals surface area contributed by atoms with Crippen molar-refractivity contribution in [3.8, 4) is 0 Å². The number of hydrogen-bond acceptors (Lipinski definition) is 2. The SMILES string of the molecule is O=S(=O)(/C=C(/[Se]c1ccccc1)c1ccccc1)c1ccc(CBr)cc1. The Balaban J connectivity index is 2.01. The van der Waals surface area contributed by atoms with Crippen molar-refractivity contribution < 1.29 is 8.42 Å². The van der Waals surface area contributed by atoms with Gasteiger partial charge in [-0.3, -0.25) is 0 Å². The van der Waals surface area contributed by atoms with Crippen LogP contribution in [0, 0.1) is 0 Å². The van der Waals surface area contributed by atoms with E-state index in [-0.39, 0.29) is 15.0 Å². The van der Waals surface area contributed by atoms with Gasteiger partial charge in [-0.1, -0.05) is 0 Å². The van der Waals surface area contributed by atoms with Crippen molar-refractivity contribution in [1.82, 2.24) is 0 Å². The van der Waals surface area contributed by atoms with Crippen LogP contribution in [0.5, 0.6) is 0 Å². The molecule has 0 bridgehead atoms. The Hall–Kier alpha value is -1.65. The van der Waals surface area contributed by atoms with Gasteiger partial charge in [0.15, 0.2) is 0 Å². The number of hydrogen-bond donors (Lipinski definition) is 0. The van der Waals surface area contributed by atoms with Crippen LogP contribution in [0.3, 0.4) is 0 Å². The van der Waals surface area contributed by atoms with Crippen molar-refractivity contribution in [2.75, 3.05) is 0 Å². The van der Waals surface area contributed by atoms with Gasteiger partial charge in [0.25, 0.3) is 0 Å². The van der Waals surface area contributed by atoms with Gasteiger partial charge < -0.3 is 0 Å². The summed E-state index contributed by atoms with van der Waals surface area (Å²) in [6, 6.07) is 26.7. The van der Waals surface area contributed by atoms with Crippen LogP contribution in [0.2, 0.25) is 0 Å². The van der Waals surface area contributed by atoms with E-state index in [4.69, 9.17) is 0 Å². The van der Waals surface area contributed by atoms with E-state index in [1.54, 1.807) is 12.1 Å². The Kier molecular flexibility index (Phi) is 6.49. The van der Waals surface area contributed by atoms with E-state index in [2.05, 4.69) is 15.9 Å². The summed E-state index contributed by atoms with van der Waals surface area (Å²) in [4.78, 5) is 0.319. The fourth-order valence-electron chi connectivity index (χ4n) is 2.35. The van der Waals surface area contributed by atoms with Crippen LogP contribution in [-0.2, 0) is 15.2 Å². The normalized spacial score (nSPS) is 12.1. The van der Waals surface area contributed by atoms with Crippen LogP contribution in [0.15, 0.2) is 95.2 Å². The van der Waals surface area contributed by atoms with Crippen molar-refractivity contribution >= 4 is 49.7 Å². The first-order valence-corrected chi connectivity index (χ1v) is 12.4. The van der Waals surface area contributed by atoms with Gasteiger partial charge in [-0.2, -0.15) is 0 Å². The average molecular weight is 492 g/mol. The Morgan fingerprint density at radius 1 is 0.846 bits per heavy atom. The molecule has 3 aromatic carbocycles. The molecule has 0 aromatic heterocycles. The third-order valence-corrected chi connectivity index (χ3v) is 8.43. The van der Waals surface area contributed by atoms with Crippen LogP contribution in [0.25, 0.3) is 4.47 Å². The molecule has 0 unspecified atom stereocenters. The molecule has 0 fully saturated rings. The van der Waals surface area contributed by atoms with Crippen LogP contribution in [0.4, 0.5) is 0 Å². The van der Waals surface area contributed by atoms with E-state index in [9.17, 15) is 8.42 Å². The van der Waals surface area contributed by atoms with Crippen molar-refractivity contribution in [3.63, 3.8) is 0 Å². The summed E-state index contributed by atoms with van der Waals surface area (Å²) in [6.07, 6.45) is 0. The molecule has 5 heteroatoms. The fourth-order valence-corrected chi connectivity index (χ4v) is 6.62. The molecule has 26 heavy (non-hydrogen) atoms. The van der Waals surface area contributed by atoms with Gasteiger partial charge in [0.1, 0.15) is 0 Å². The van der Waals surface area contributed by atoms with Gasteiger partial charge in [0.2, 0.25) is 0 Å². The minimum atomic E-state index is -3.51. The Morgan fingerprint density at radius 3 is 2.00 bits per heavy atom. The van der Waals surface area contributed by atoms with Gasteiger partial charge in [-0.25, -0.2) is 0 Å². The second kappa shape index (κ2) is 8.83. The fraction of sp³-hybridized carbons (Fsp3) is 0.0476. The zero-order chi connectivity index (χ0) is 18.4. The van der Waals surface area contributed by atoms with Crippen molar-refractivity contribution in [3.05, 3.63) is 101 Å². The molecule has 3 rings (SSSR count). The molecule has 0 aliphatic rings. The van der Waals surface area contributed by atoms with Crippen molar-refractivity contribution in [2.24, 2.45) is 0 Å². The Morgan fingerprint density at radius 2 is 1.42 bits per heavy atom. The summed E-state index contributed by atoms with van der Waals surface area (Å²) in [7, 11) is -3.51. The molecule has 0 heterocycles. The third kappa shape index (κ3) is 4.95. The Bertz CT molecular complexity index is 983. The number of rotatable bonds is 6. The number of benzene rings is 3.